The molecule has 0 spiro atoms. The van der Waals surface area contributed by atoms with Gasteiger partial charge in [-0.15, -0.1) is 6.42 Å². The number of nitrogens with zero attached hydrogens (tertiary/aromatic N) is 1. The molecule has 0 aliphatic rings. The number of nitrogens with one attached hydrogen (secondary N) is 1. The molecule has 1 N–H and O–H groups in total. The molecule has 2 aromatic heterocycles. The van der Waals surface area contributed by atoms with Gasteiger partial charge in [-0.05, 0) is 47.0 Å². The molecule has 0 unspecified atom stereocenters. The van der Waals surface area contributed by atoms with Gasteiger partial charge in [0.15, 0.2) is 0 Å². The number of aromatic nitrogens is 1. The van der Waals surface area contributed by atoms with Gasteiger partial charge in [-0.1, -0.05) is 18.1 Å². The molecule has 3 rings (SSSR count). The van der Waals surface area contributed by atoms with Crippen molar-refractivity contribution < 1.29 is 4.79 Å². The first-order valence-corrected chi connectivity index (χ1v) is 8.45. The molecule has 0 aliphatic heterocycles. The van der Waals surface area contributed by atoms with Gasteiger partial charge < -0.3 is 5.32 Å². The Bertz CT molecular complexity index is 893. The number of amides is 1. The summed E-state index contributed by atoms with van der Waals surface area (Å²) in [4.78, 5) is 16.7. The normalized spacial score (nSPS) is 10.2. The number of hydrogen-bond acceptors (Lipinski definition) is 3. The van der Waals surface area contributed by atoms with Crippen LogP contribution < -0.4 is 5.32 Å². The Labute approximate surface area is 145 Å². The zero-order valence-electron chi connectivity index (χ0n) is 13.2. The largest absolute Gasteiger partial charge is 0.348 e. The van der Waals surface area contributed by atoms with Crippen molar-refractivity contribution in [3.05, 3.63) is 75.7 Å². The van der Waals surface area contributed by atoms with Gasteiger partial charge in [0.2, 0.25) is 0 Å². The minimum atomic E-state index is -0.167. The molecular weight excluding hydrogens is 316 g/mol. The van der Waals surface area contributed by atoms with Crippen LogP contribution in [-0.2, 0) is 6.54 Å². The minimum absolute atomic E-state index is 0.167. The molecule has 1 aromatic carbocycles. The number of thiophene rings is 1. The van der Waals surface area contributed by atoms with Crippen molar-refractivity contribution in [1.82, 2.24) is 10.3 Å². The van der Waals surface area contributed by atoms with Crippen LogP contribution in [0, 0.1) is 19.3 Å². The van der Waals surface area contributed by atoms with Gasteiger partial charge in [0.25, 0.3) is 5.91 Å². The molecule has 0 aliphatic carbocycles. The highest BCUT2D eigenvalue weighted by atomic mass is 32.1. The van der Waals surface area contributed by atoms with E-state index in [4.69, 9.17) is 6.42 Å². The standard InChI is InChI=1S/C20H16N2OS/c1-3-17-18(20(23)22-11-15-8-10-24-13-15)7-6-14(2)19(17)16-5-4-9-21-12-16/h1,4-10,12-13H,11H2,2H3,(H,22,23). The van der Waals surface area contributed by atoms with Crippen molar-refractivity contribution in [2.45, 2.75) is 13.5 Å². The van der Waals surface area contributed by atoms with E-state index in [1.54, 1.807) is 29.8 Å². The lowest BCUT2D eigenvalue weighted by atomic mass is 9.92. The van der Waals surface area contributed by atoms with Crippen LogP contribution in [-0.4, -0.2) is 10.9 Å². The molecule has 0 radical (unpaired) electrons. The van der Waals surface area contributed by atoms with E-state index in [2.05, 4.69) is 16.2 Å². The lowest BCUT2D eigenvalue weighted by Gasteiger charge is -2.13. The SMILES string of the molecule is C#Cc1c(C(=O)NCc2ccsc2)ccc(C)c1-c1cccnc1. The first-order chi connectivity index (χ1) is 11.7. The molecule has 0 saturated heterocycles. The summed E-state index contributed by atoms with van der Waals surface area (Å²) < 4.78 is 0. The molecule has 118 valence electrons. The van der Waals surface area contributed by atoms with Crippen LogP contribution in [0.25, 0.3) is 11.1 Å². The molecule has 0 fully saturated rings. The summed E-state index contributed by atoms with van der Waals surface area (Å²) in [5.74, 6) is 2.52. The molecule has 0 atom stereocenters. The van der Waals surface area contributed by atoms with Gasteiger partial charge in [-0.2, -0.15) is 11.3 Å². The summed E-state index contributed by atoms with van der Waals surface area (Å²) in [6, 6.07) is 9.50. The highest BCUT2D eigenvalue weighted by Gasteiger charge is 2.16. The second-order valence-corrected chi connectivity index (χ2v) is 6.16. The van der Waals surface area contributed by atoms with Crippen molar-refractivity contribution in [1.29, 1.82) is 0 Å². The molecule has 3 aromatic rings. The summed E-state index contributed by atoms with van der Waals surface area (Å²) in [5.41, 5.74) is 5.01. The third kappa shape index (κ3) is 3.22. The van der Waals surface area contributed by atoms with Crippen molar-refractivity contribution in [3.8, 4) is 23.5 Å². The van der Waals surface area contributed by atoms with Gasteiger partial charge in [0.05, 0.1) is 5.56 Å². The number of terminal acetylenes is 1. The molecular formula is C20H16N2OS. The van der Waals surface area contributed by atoms with Gasteiger partial charge in [-0.3, -0.25) is 9.78 Å². The fourth-order valence-corrected chi connectivity index (χ4v) is 3.27. The monoisotopic (exact) mass is 332 g/mol. The second-order valence-electron chi connectivity index (χ2n) is 5.38. The van der Waals surface area contributed by atoms with Crippen molar-refractivity contribution in [2.75, 3.05) is 0 Å². The number of pyridine rings is 1. The smallest absolute Gasteiger partial charge is 0.252 e. The Hall–Kier alpha value is -2.90. The lowest BCUT2D eigenvalue weighted by molar-refractivity contribution is 0.0951. The van der Waals surface area contributed by atoms with Crippen LogP contribution in [0.3, 0.4) is 0 Å². The molecule has 1 amide bonds. The Balaban J connectivity index is 1.97. The lowest BCUT2D eigenvalue weighted by Crippen LogP contribution is -2.23. The summed E-state index contributed by atoms with van der Waals surface area (Å²) >= 11 is 1.61. The Morgan fingerprint density at radius 1 is 1.33 bits per heavy atom. The van der Waals surface area contributed by atoms with Crippen LogP contribution in [0.1, 0.15) is 27.0 Å². The quantitative estimate of drug-likeness (QED) is 0.733. The number of hydrogen-bond donors (Lipinski definition) is 1. The third-order valence-electron chi connectivity index (χ3n) is 3.79. The van der Waals surface area contributed by atoms with Crippen LogP contribution in [0.4, 0.5) is 0 Å². The van der Waals surface area contributed by atoms with Crippen LogP contribution in [0.5, 0.6) is 0 Å². The summed E-state index contributed by atoms with van der Waals surface area (Å²) in [5, 5.41) is 6.93. The number of rotatable bonds is 4. The maximum atomic E-state index is 12.6. The summed E-state index contributed by atoms with van der Waals surface area (Å²) in [7, 11) is 0. The molecule has 24 heavy (non-hydrogen) atoms. The molecule has 0 bridgehead atoms. The Morgan fingerprint density at radius 2 is 2.21 bits per heavy atom. The van der Waals surface area contributed by atoms with E-state index in [1.807, 2.05) is 41.9 Å². The maximum absolute atomic E-state index is 12.6. The van der Waals surface area contributed by atoms with E-state index >= 15 is 0 Å². The van der Waals surface area contributed by atoms with Crippen LogP contribution in [0.2, 0.25) is 0 Å². The summed E-state index contributed by atoms with van der Waals surface area (Å²) in [6.45, 7) is 2.47. The van der Waals surface area contributed by atoms with Crippen molar-refractivity contribution >= 4 is 17.2 Å². The number of benzene rings is 1. The fourth-order valence-electron chi connectivity index (χ4n) is 2.60. The van der Waals surface area contributed by atoms with Gasteiger partial charge in [0, 0.05) is 35.6 Å². The highest BCUT2D eigenvalue weighted by molar-refractivity contribution is 7.07. The Morgan fingerprint density at radius 3 is 2.88 bits per heavy atom. The van der Waals surface area contributed by atoms with Gasteiger partial charge in [-0.25, -0.2) is 0 Å². The number of carbonyl (C=O) groups is 1. The topological polar surface area (TPSA) is 42.0 Å². The molecule has 2 heterocycles. The first-order valence-electron chi connectivity index (χ1n) is 7.50. The zero-order valence-corrected chi connectivity index (χ0v) is 14.1. The van der Waals surface area contributed by atoms with Crippen LogP contribution in [0.15, 0.2) is 53.5 Å². The fraction of sp³-hybridized carbons (Fsp3) is 0.100. The van der Waals surface area contributed by atoms with Crippen molar-refractivity contribution in [2.24, 2.45) is 0 Å². The van der Waals surface area contributed by atoms with E-state index in [1.165, 1.54) is 0 Å². The first kappa shape index (κ1) is 16.0. The Kier molecular flexibility index (Phi) is 4.74. The second kappa shape index (κ2) is 7.12. The molecule has 0 saturated carbocycles. The number of carbonyl (C=O) groups excluding carboxylic acids is 1. The van der Waals surface area contributed by atoms with E-state index < -0.39 is 0 Å². The maximum Gasteiger partial charge on any atom is 0.252 e. The van der Waals surface area contributed by atoms with Crippen molar-refractivity contribution in [3.63, 3.8) is 0 Å². The van der Waals surface area contributed by atoms with Gasteiger partial charge >= 0.3 is 0 Å². The van der Waals surface area contributed by atoms with E-state index in [0.29, 0.717) is 17.7 Å². The van der Waals surface area contributed by atoms with Crippen LogP contribution >= 0.6 is 11.3 Å². The van der Waals surface area contributed by atoms with Gasteiger partial charge in [0.1, 0.15) is 0 Å². The average molecular weight is 332 g/mol. The summed E-state index contributed by atoms with van der Waals surface area (Å²) in [6.07, 6.45) is 9.21. The third-order valence-corrected chi connectivity index (χ3v) is 4.52. The van der Waals surface area contributed by atoms with E-state index in [0.717, 1.165) is 22.3 Å². The molecule has 3 nitrogen and oxygen atoms in total. The average Bonchev–Trinajstić information content (AvgIpc) is 3.13. The zero-order chi connectivity index (χ0) is 16.9. The predicted molar refractivity (Wildman–Crippen MR) is 97.8 cm³/mol. The minimum Gasteiger partial charge on any atom is -0.348 e. The number of aryl methyl sites for hydroxylation is 1. The predicted octanol–water partition coefficient (Wildman–Crippen LogP) is 4.03. The molecule has 4 heteroatoms. The van der Waals surface area contributed by atoms with E-state index in [9.17, 15) is 4.79 Å². The van der Waals surface area contributed by atoms with E-state index in [-0.39, 0.29) is 5.91 Å². The highest BCUT2D eigenvalue weighted by Crippen LogP contribution is 2.29.